The van der Waals surface area contributed by atoms with Crippen molar-refractivity contribution in [2.75, 3.05) is 32.6 Å². The van der Waals surface area contributed by atoms with Gasteiger partial charge in [0.1, 0.15) is 12.4 Å². The zero-order valence-electron chi connectivity index (χ0n) is 15.7. The fraction of sp³-hybridized carbons (Fsp3) is 0.174. The Labute approximate surface area is 160 Å². The SMILES string of the molecule is CN(C)CCOc1cccc(NC(=O)c2ccc(-c3ccccc3)cc2)c1. The van der Waals surface area contributed by atoms with Gasteiger partial charge in [-0.25, -0.2) is 0 Å². The number of carbonyl (C=O) groups excluding carboxylic acids is 1. The highest BCUT2D eigenvalue weighted by atomic mass is 16.5. The van der Waals surface area contributed by atoms with Crippen LogP contribution < -0.4 is 10.1 Å². The predicted molar refractivity (Wildman–Crippen MR) is 110 cm³/mol. The molecule has 0 aromatic heterocycles. The number of benzene rings is 3. The third-order valence-corrected chi connectivity index (χ3v) is 4.15. The van der Waals surface area contributed by atoms with Crippen LogP contribution in [0.2, 0.25) is 0 Å². The quantitative estimate of drug-likeness (QED) is 0.672. The lowest BCUT2D eigenvalue weighted by atomic mass is 10.0. The van der Waals surface area contributed by atoms with Crippen LogP contribution in [0.4, 0.5) is 5.69 Å². The minimum atomic E-state index is -0.139. The molecular formula is C23H24N2O2. The number of carbonyl (C=O) groups is 1. The van der Waals surface area contributed by atoms with E-state index in [4.69, 9.17) is 4.74 Å². The molecule has 138 valence electrons. The Bertz CT molecular complexity index is 874. The highest BCUT2D eigenvalue weighted by Gasteiger charge is 2.07. The van der Waals surface area contributed by atoms with Crippen molar-refractivity contribution in [3.8, 4) is 16.9 Å². The van der Waals surface area contributed by atoms with Crippen LogP contribution in [-0.2, 0) is 0 Å². The van der Waals surface area contributed by atoms with Gasteiger partial charge in [-0.15, -0.1) is 0 Å². The zero-order chi connectivity index (χ0) is 19.1. The van der Waals surface area contributed by atoms with Crippen LogP contribution in [0, 0.1) is 0 Å². The van der Waals surface area contributed by atoms with Gasteiger partial charge in [-0.3, -0.25) is 4.79 Å². The maximum atomic E-state index is 12.5. The second kappa shape index (κ2) is 9.01. The molecular weight excluding hydrogens is 336 g/mol. The lowest BCUT2D eigenvalue weighted by Crippen LogP contribution is -2.19. The Morgan fingerprint density at radius 1 is 0.889 bits per heavy atom. The topological polar surface area (TPSA) is 41.6 Å². The molecule has 0 aliphatic rings. The van der Waals surface area contributed by atoms with Crippen molar-refractivity contribution in [2.45, 2.75) is 0 Å². The molecule has 27 heavy (non-hydrogen) atoms. The summed E-state index contributed by atoms with van der Waals surface area (Å²) in [5.41, 5.74) is 3.55. The summed E-state index contributed by atoms with van der Waals surface area (Å²) in [5.74, 6) is 0.606. The van der Waals surface area contributed by atoms with Crippen molar-refractivity contribution in [1.82, 2.24) is 4.90 Å². The van der Waals surface area contributed by atoms with Crippen molar-refractivity contribution in [1.29, 1.82) is 0 Å². The first-order chi connectivity index (χ1) is 13.1. The Hall–Kier alpha value is -3.11. The molecule has 4 heteroatoms. The van der Waals surface area contributed by atoms with E-state index in [0.29, 0.717) is 12.2 Å². The van der Waals surface area contributed by atoms with Crippen molar-refractivity contribution in [3.05, 3.63) is 84.4 Å². The third-order valence-electron chi connectivity index (χ3n) is 4.15. The van der Waals surface area contributed by atoms with E-state index in [-0.39, 0.29) is 5.91 Å². The molecule has 0 saturated heterocycles. The van der Waals surface area contributed by atoms with Crippen LogP contribution >= 0.6 is 0 Å². The Morgan fingerprint density at radius 3 is 2.30 bits per heavy atom. The minimum absolute atomic E-state index is 0.139. The van der Waals surface area contributed by atoms with Crippen LogP contribution in [0.5, 0.6) is 5.75 Å². The monoisotopic (exact) mass is 360 g/mol. The maximum Gasteiger partial charge on any atom is 0.255 e. The molecule has 3 aromatic rings. The molecule has 0 spiro atoms. The van der Waals surface area contributed by atoms with Crippen molar-refractivity contribution >= 4 is 11.6 Å². The Balaban J connectivity index is 1.63. The van der Waals surface area contributed by atoms with Gasteiger partial charge < -0.3 is 15.0 Å². The Morgan fingerprint density at radius 2 is 1.59 bits per heavy atom. The van der Waals surface area contributed by atoms with Gasteiger partial charge in [0.15, 0.2) is 0 Å². The lowest BCUT2D eigenvalue weighted by Gasteiger charge is -2.12. The molecule has 3 aromatic carbocycles. The maximum absolute atomic E-state index is 12.5. The number of hydrogen-bond acceptors (Lipinski definition) is 3. The number of likely N-dealkylation sites (N-methyl/N-ethyl adjacent to an activating group) is 1. The van der Waals surface area contributed by atoms with E-state index in [2.05, 4.69) is 22.3 Å². The van der Waals surface area contributed by atoms with E-state index < -0.39 is 0 Å². The second-order valence-corrected chi connectivity index (χ2v) is 6.58. The first-order valence-corrected chi connectivity index (χ1v) is 8.96. The van der Waals surface area contributed by atoms with Gasteiger partial charge in [-0.05, 0) is 49.5 Å². The molecule has 3 rings (SSSR count). The van der Waals surface area contributed by atoms with E-state index >= 15 is 0 Å². The second-order valence-electron chi connectivity index (χ2n) is 6.58. The van der Waals surface area contributed by atoms with E-state index in [9.17, 15) is 4.79 Å². The van der Waals surface area contributed by atoms with Gasteiger partial charge in [0.2, 0.25) is 0 Å². The van der Waals surface area contributed by atoms with E-state index in [1.807, 2.05) is 80.8 Å². The zero-order valence-corrected chi connectivity index (χ0v) is 15.7. The summed E-state index contributed by atoms with van der Waals surface area (Å²) in [4.78, 5) is 14.6. The molecule has 4 nitrogen and oxygen atoms in total. The molecule has 0 aliphatic carbocycles. The van der Waals surface area contributed by atoms with Crippen molar-refractivity contribution < 1.29 is 9.53 Å². The summed E-state index contributed by atoms with van der Waals surface area (Å²) in [5, 5.41) is 2.93. The van der Waals surface area contributed by atoms with Crippen LogP contribution in [0.15, 0.2) is 78.9 Å². The van der Waals surface area contributed by atoms with Crippen LogP contribution in [0.1, 0.15) is 10.4 Å². The summed E-state index contributed by atoms with van der Waals surface area (Å²) in [7, 11) is 4.01. The number of amides is 1. The van der Waals surface area contributed by atoms with E-state index in [1.165, 1.54) is 0 Å². The van der Waals surface area contributed by atoms with Gasteiger partial charge in [0.25, 0.3) is 5.91 Å². The average Bonchev–Trinajstić information content (AvgIpc) is 2.69. The number of rotatable bonds is 7. The number of nitrogens with one attached hydrogen (secondary N) is 1. The van der Waals surface area contributed by atoms with Crippen molar-refractivity contribution in [3.63, 3.8) is 0 Å². The molecule has 0 atom stereocenters. The highest BCUT2D eigenvalue weighted by Crippen LogP contribution is 2.21. The summed E-state index contributed by atoms with van der Waals surface area (Å²) in [6.07, 6.45) is 0. The van der Waals surface area contributed by atoms with Gasteiger partial charge >= 0.3 is 0 Å². The molecule has 1 N–H and O–H groups in total. The number of ether oxygens (including phenoxy) is 1. The minimum Gasteiger partial charge on any atom is -0.492 e. The molecule has 0 saturated carbocycles. The highest BCUT2D eigenvalue weighted by molar-refractivity contribution is 6.04. The van der Waals surface area contributed by atoms with Gasteiger partial charge in [-0.2, -0.15) is 0 Å². The summed E-state index contributed by atoms with van der Waals surface area (Å²) >= 11 is 0. The molecule has 1 amide bonds. The van der Waals surface area contributed by atoms with Crippen LogP contribution in [0.25, 0.3) is 11.1 Å². The first-order valence-electron chi connectivity index (χ1n) is 8.96. The van der Waals surface area contributed by atoms with Gasteiger partial charge in [0, 0.05) is 23.9 Å². The fourth-order valence-corrected chi connectivity index (χ4v) is 2.66. The summed E-state index contributed by atoms with van der Waals surface area (Å²) < 4.78 is 5.72. The number of nitrogens with zero attached hydrogens (tertiary/aromatic N) is 1. The largest absolute Gasteiger partial charge is 0.492 e. The smallest absolute Gasteiger partial charge is 0.255 e. The van der Waals surface area contributed by atoms with Gasteiger partial charge in [-0.1, -0.05) is 48.5 Å². The molecule has 0 unspecified atom stereocenters. The van der Waals surface area contributed by atoms with Crippen LogP contribution in [-0.4, -0.2) is 38.1 Å². The van der Waals surface area contributed by atoms with Crippen LogP contribution in [0.3, 0.4) is 0 Å². The molecule has 0 aliphatic heterocycles. The first kappa shape index (κ1) is 18.7. The number of anilines is 1. The summed E-state index contributed by atoms with van der Waals surface area (Å²) in [6.45, 7) is 1.44. The average molecular weight is 360 g/mol. The van der Waals surface area contributed by atoms with E-state index in [1.54, 1.807) is 0 Å². The van der Waals surface area contributed by atoms with Gasteiger partial charge in [0.05, 0.1) is 0 Å². The third kappa shape index (κ3) is 5.43. The van der Waals surface area contributed by atoms with Crippen molar-refractivity contribution in [2.24, 2.45) is 0 Å². The molecule has 0 fully saturated rings. The predicted octanol–water partition coefficient (Wildman–Crippen LogP) is 4.55. The standard InChI is InChI=1S/C23H24N2O2/c1-25(2)15-16-27-22-10-6-9-21(17-22)24-23(26)20-13-11-19(12-14-20)18-7-4-3-5-8-18/h3-14,17H,15-16H2,1-2H3,(H,24,26). The summed E-state index contributed by atoms with van der Waals surface area (Å²) in [6, 6.07) is 25.2. The molecule has 0 radical (unpaired) electrons. The molecule has 0 bridgehead atoms. The number of hydrogen-bond donors (Lipinski definition) is 1. The Kier molecular flexibility index (Phi) is 6.23. The normalized spacial score (nSPS) is 10.6. The fourth-order valence-electron chi connectivity index (χ4n) is 2.66. The molecule has 0 heterocycles. The lowest BCUT2D eigenvalue weighted by molar-refractivity contribution is 0.102. The van der Waals surface area contributed by atoms with E-state index in [0.717, 1.165) is 29.1 Å².